The highest BCUT2D eigenvalue weighted by Crippen LogP contribution is 2.13. The zero-order chi connectivity index (χ0) is 18.4. The van der Waals surface area contributed by atoms with Gasteiger partial charge in [-0.15, -0.1) is 0 Å². The lowest BCUT2D eigenvalue weighted by atomic mass is 10.2. The Morgan fingerprint density at radius 1 is 1.08 bits per heavy atom. The van der Waals surface area contributed by atoms with Gasteiger partial charge in [-0.05, 0) is 36.4 Å². The van der Waals surface area contributed by atoms with Crippen molar-refractivity contribution >= 4 is 17.7 Å². The van der Waals surface area contributed by atoms with Crippen LogP contribution in [0.25, 0.3) is 0 Å². The highest BCUT2D eigenvalue weighted by molar-refractivity contribution is 5.92. The number of hydrogen-bond acceptors (Lipinski definition) is 5. The van der Waals surface area contributed by atoms with Crippen LogP contribution in [-0.2, 0) is 11.3 Å². The first-order valence-corrected chi connectivity index (χ1v) is 8.52. The van der Waals surface area contributed by atoms with Crippen LogP contribution >= 0.6 is 0 Å². The molecule has 1 aromatic carbocycles. The number of urea groups is 1. The summed E-state index contributed by atoms with van der Waals surface area (Å²) < 4.78 is 4.66. The molecule has 0 spiro atoms. The number of piperazine rings is 1. The number of benzene rings is 1. The van der Waals surface area contributed by atoms with Gasteiger partial charge in [-0.2, -0.15) is 0 Å². The molecule has 7 nitrogen and oxygen atoms in total. The lowest BCUT2D eigenvalue weighted by Gasteiger charge is -2.34. The van der Waals surface area contributed by atoms with Gasteiger partial charge < -0.3 is 15.0 Å². The topological polar surface area (TPSA) is 74.8 Å². The largest absolute Gasteiger partial charge is 0.465 e. The molecule has 1 aliphatic heterocycles. The average molecular weight is 354 g/mol. The molecule has 1 aliphatic rings. The first kappa shape index (κ1) is 17.9. The summed E-state index contributed by atoms with van der Waals surface area (Å²) in [6.07, 6.45) is 1.80. The Morgan fingerprint density at radius 3 is 2.42 bits per heavy atom. The molecular formula is C19H22N4O3. The van der Waals surface area contributed by atoms with Crippen LogP contribution in [0.4, 0.5) is 10.5 Å². The minimum absolute atomic E-state index is 0.131. The Hall–Kier alpha value is -2.93. The summed E-state index contributed by atoms with van der Waals surface area (Å²) in [5, 5.41) is 2.86. The van der Waals surface area contributed by atoms with E-state index in [4.69, 9.17) is 0 Å². The number of methoxy groups -OCH3 is 1. The molecule has 2 aromatic rings. The Bertz CT molecular complexity index is 741. The van der Waals surface area contributed by atoms with Gasteiger partial charge in [0.25, 0.3) is 0 Å². The van der Waals surface area contributed by atoms with Gasteiger partial charge in [0.1, 0.15) is 0 Å². The molecule has 0 unspecified atom stereocenters. The van der Waals surface area contributed by atoms with Crippen LogP contribution in [0.3, 0.4) is 0 Å². The van der Waals surface area contributed by atoms with E-state index >= 15 is 0 Å². The Balaban J connectivity index is 1.48. The predicted octanol–water partition coefficient (Wildman–Crippen LogP) is 2.22. The maximum absolute atomic E-state index is 12.4. The predicted molar refractivity (Wildman–Crippen MR) is 97.9 cm³/mol. The van der Waals surface area contributed by atoms with Gasteiger partial charge in [-0.25, -0.2) is 9.59 Å². The normalized spacial score (nSPS) is 14.7. The van der Waals surface area contributed by atoms with E-state index in [1.165, 1.54) is 7.11 Å². The molecule has 0 bridgehead atoms. The number of pyridine rings is 1. The number of hydrogen-bond donors (Lipinski definition) is 1. The van der Waals surface area contributed by atoms with Crippen molar-refractivity contribution in [1.82, 2.24) is 14.8 Å². The average Bonchev–Trinajstić information content (AvgIpc) is 2.69. The molecular weight excluding hydrogens is 332 g/mol. The van der Waals surface area contributed by atoms with Gasteiger partial charge in [0.05, 0.1) is 18.4 Å². The molecule has 1 fully saturated rings. The van der Waals surface area contributed by atoms with E-state index in [2.05, 4.69) is 19.9 Å². The third-order valence-electron chi connectivity index (χ3n) is 4.33. The third kappa shape index (κ3) is 4.58. The second kappa shape index (κ2) is 8.44. The van der Waals surface area contributed by atoms with Crippen molar-refractivity contribution in [3.8, 4) is 0 Å². The van der Waals surface area contributed by atoms with Crippen LogP contribution in [0.15, 0.2) is 48.7 Å². The fraction of sp³-hybridized carbons (Fsp3) is 0.316. The van der Waals surface area contributed by atoms with E-state index in [1.807, 2.05) is 18.2 Å². The summed E-state index contributed by atoms with van der Waals surface area (Å²) in [6.45, 7) is 3.75. The van der Waals surface area contributed by atoms with Crippen LogP contribution in [0.2, 0.25) is 0 Å². The number of esters is 1. The Kier molecular flexibility index (Phi) is 5.80. The van der Waals surface area contributed by atoms with Crippen molar-refractivity contribution < 1.29 is 14.3 Å². The molecule has 0 aliphatic carbocycles. The third-order valence-corrected chi connectivity index (χ3v) is 4.33. The zero-order valence-corrected chi connectivity index (χ0v) is 14.7. The lowest BCUT2D eigenvalue weighted by molar-refractivity contribution is 0.0600. The molecule has 2 amide bonds. The number of ether oxygens (including phenoxy) is 1. The summed E-state index contributed by atoms with van der Waals surface area (Å²) in [5.41, 5.74) is 2.14. The number of aromatic nitrogens is 1. The summed E-state index contributed by atoms with van der Waals surface area (Å²) in [6, 6.07) is 12.4. The van der Waals surface area contributed by atoms with Crippen molar-refractivity contribution in [3.63, 3.8) is 0 Å². The number of nitrogens with zero attached hydrogens (tertiary/aromatic N) is 3. The van der Waals surface area contributed by atoms with Gasteiger partial charge in [0.2, 0.25) is 0 Å². The lowest BCUT2D eigenvalue weighted by Crippen LogP contribution is -2.49. The SMILES string of the molecule is COC(=O)c1ccc(NC(=O)N2CCN(Cc3ccccn3)CC2)cc1. The van der Waals surface area contributed by atoms with Gasteiger partial charge in [-0.1, -0.05) is 6.07 Å². The summed E-state index contributed by atoms with van der Waals surface area (Å²) in [7, 11) is 1.34. The van der Waals surface area contributed by atoms with Crippen molar-refractivity contribution in [3.05, 3.63) is 59.9 Å². The van der Waals surface area contributed by atoms with E-state index in [0.717, 1.165) is 25.3 Å². The maximum Gasteiger partial charge on any atom is 0.337 e. The molecule has 1 saturated heterocycles. The fourth-order valence-corrected chi connectivity index (χ4v) is 2.84. The molecule has 1 aromatic heterocycles. The zero-order valence-electron chi connectivity index (χ0n) is 14.7. The van der Waals surface area contributed by atoms with Crippen molar-refractivity contribution in [2.75, 3.05) is 38.6 Å². The maximum atomic E-state index is 12.4. The van der Waals surface area contributed by atoms with E-state index in [9.17, 15) is 9.59 Å². The van der Waals surface area contributed by atoms with Crippen LogP contribution in [0.5, 0.6) is 0 Å². The monoisotopic (exact) mass is 354 g/mol. The molecule has 0 saturated carbocycles. The van der Waals surface area contributed by atoms with Crippen molar-refractivity contribution in [2.24, 2.45) is 0 Å². The van der Waals surface area contributed by atoms with Crippen LogP contribution in [-0.4, -0.2) is 60.1 Å². The van der Waals surface area contributed by atoms with E-state index in [0.29, 0.717) is 24.3 Å². The first-order chi connectivity index (χ1) is 12.7. The molecule has 136 valence electrons. The van der Waals surface area contributed by atoms with Crippen molar-refractivity contribution in [1.29, 1.82) is 0 Å². The number of amides is 2. The standard InChI is InChI=1S/C19H22N4O3/c1-26-18(24)15-5-7-16(8-6-15)21-19(25)23-12-10-22(11-13-23)14-17-4-2-3-9-20-17/h2-9H,10-14H2,1H3,(H,21,25). The van der Waals surface area contributed by atoms with Crippen molar-refractivity contribution in [2.45, 2.75) is 6.54 Å². The van der Waals surface area contributed by atoms with Gasteiger partial charge >= 0.3 is 12.0 Å². The number of rotatable bonds is 4. The minimum Gasteiger partial charge on any atom is -0.465 e. The molecule has 26 heavy (non-hydrogen) atoms. The fourth-order valence-electron chi connectivity index (χ4n) is 2.84. The van der Waals surface area contributed by atoms with E-state index in [-0.39, 0.29) is 6.03 Å². The molecule has 3 rings (SSSR count). The molecule has 0 atom stereocenters. The highest BCUT2D eigenvalue weighted by Gasteiger charge is 2.21. The molecule has 2 heterocycles. The molecule has 7 heteroatoms. The number of carbonyl (C=O) groups excluding carboxylic acids is 2. The second-order valence-electron chi connectivity index (χ2n) is 6.08. The van der Waals surface area contributed by atoms with Gasteiger partial charge in [-0.3, -0.25) is 9.88 Å². The van der Waals surface area contributed by atoms with Crippen LogP contribution in [0, 0.1) is 0 Å². The van der Waals surface area contributed by atoms with E-state index in [1.54, 1.807) is 35.4 Å². The Labute approximate surface area is 152 Å². The van der Waals surface area contributed by atoms with Gasteiger partial charge in [0, 0.05) is 44.6 Å². The smallest absolute Gasteiger partial charge is 0.337 e. The van der Waals surface area contributed by atoms with Crippen LogP contribution < -0.4 is 5.32 Å². The van der Waals surface area contributed by atoms with Gasteiger partial charge in [0.15, 0.2) is 0 Å². The summed E-state index contributed by atoms with van der Waals surface area (Å²) in [5.74, 6) is -0.396. The number of anilines is 1. The first-order valence-electron chi connectivity index (χ1n) is 8.52. The molecule has 0 radical (unpaired) electrons. The quantitative estimate of drug-likeness (QED) is 0.852. The highest BCUT2D eigenvalue weighted by atomic mass is 16.5. The van der Waals surface area contributed by atoms with Crippen LogP contribution in [0.1, 0.15) is 16.1 Å². The summed E-state index contributed by atoms with van der Waals surface area (Å²) in [4.78, 5) is 32.3. The van der Waals surface area contributed by atoms with E-state index < -0.39 is 5.97 Å². The minimum atomic E-state index is -0.396. The summed E-state index contributed by atoms with van der Waals surface area (Å²) >= 11 is 0. The number of nitrogens with one attached hydrogen (secondary N) is 1. The number of carbonyl (C=O) groups is 2. The second-order valence-corrected chi connectivity index (χ2v) is 6.08. The Morgan fingerprint density at radius 2 is 1.81 bits per heavy atom. The molecule has 1 N–H and O–H groups in total.